The van der Waals surface area contributed by atoms with Gasteiger partial charge in [-0.25, -0.2) is 4.79 Å². The molecule has 0 aliphatic heterocycles. The molecule has 5 heteroatoms. The van der Waals surface area contributed by atoms with E-state index in [0.29, 0.717) is 13.2 Å². The predicted octanol–water partition coefficient (Wildman–Crippen LogP) is 3.92. The molecular formula is C23H27NO4. The lowest BCUT2D eigenvalue weighted by Crippen LogP contribution is -2.30. The number of hydrogen-bond acceptors (Lipinski definition) is 4. The highest BCUT2D eigenvalue weighted by atomic mass is 16.5. The van der Waals surface area contributed by atoms with Crippen LogP contribution in [-0.4, -0.2) is 37.0 Å². The van der Waals surface area contributed by atoms with Gasteiger partial charge in [0.2, 0.25) is 0 Å². The normalized spacial score (nSPS) is 10.7. The summed E-state index contributed by atoms with van der Waals surface area (Å²) in [5.74, 6) is -0.0235. The van der Waals surface area contributed by atoms with Crippen molar-refractivity contribution in [2.75, 3.05) is 20.3 Å². The Labute approximate surface area is 166 Å². The summed E-state index contributed by atoms with van der Waals surface area (Å²) in [7, 11) is 1.70. The molecule has 0 N–H and O–H groups in total. The zero-order valence-corrected chi connectivity index (χ0v) is 16.9. The van der Waals surface area contributed by atoms with Gasteiger partial charge in [0.1, 0.15) is 5.75 Å². The van der Waals surface area contributed by atoms with Crippen molar-refractivity contribution in [3.05, 3.63) is 70.8 Å². The Kier molecular flexibility index (Phi) is 7.81. The van der Waals surface area contributed by atoms with Gasteiger partial charge in [-0.3, -0.25) is 4.79 Å². The second kappa shape index (κ2) is 10.3. The summed E-state index contributed by atoms with van der Waals surface area (Å²) in [4.78, 5) is 25.6. The zero-order chi connectivity index (χ0) is 20.5. The Bertz CT molecular complexity index is 840. The summed E-state index contributed by atoms with van der Waals surface area (Å²) in [5, 5.41) is 0. The average Bonchev–Trinajstić information content (AvgIpc) is 2.67. The molecule has 0 heterocycles. The molecule has 1 amide bonds. The summed E-state index contributed by atoms with van der Waals surface area (Å²) in [5.41, 5.74) is 4.24. The molecule has 0 saturated heterocycles. The maximum atomic E-state index is 12.2. The number of carbonyl (C=O) groups is 2. The van der Waals surface area contributed by atoms with Crippen LogP contribution in [0.5, 0.6) is 5.75 Å². The topological polar surface area (TPSA) is 55.8 Å². The van der Waals surface area contributed by atoms with Crippen LogP contribution in [0.15, 0.2) is 48.5 Å². The Morgan fingerprint density at radius 2 is 1.79 bits per heavy atom. The van der Waals surface area contributed by atoms with Crippen molar-refractivity contribution in [2.45, 2.75) is 27.3 Å². The number of hydrogen-bond donors (Lipinski definition) is 0. The number of amides is 1. The van der Waals surface area contributed by atoms with Gasteiger partial charge in [0.05, 0.1) is 6.61 Å². The molecule has 5 nitrogen and oxygen atoms in total. The molecule has 0 aliphatic carbocycles. The molecule has 0 aromatic heterocycles. The summed E-state index contributed by atoms with van der Waals surface area (Å²) < 4.78 is 10.4. The largest absolute Gasteiger partial charge is 0.494 e. The molecule has 0 saturated carbocycles. The van der Waals surface area contributed by atoms with Crippen molar-refractivity contribution in [1.82, 2.24) is 4.90 Å². The van der Waals surface area contributed by atoms with E-state index in [1.165, 1.54) is 11.6 Å². The van der Waals surface area contributed by atoms with Crippen LogP contribution in [0.3, 0.4) is 0 Å². The van der Waals surface area contributed by atoms with Crippen LogP contribution in [-0.2, 0) is 20.9 Å². The predicted molar refractivity (Wildman–Crippen MR) is 110 cm³/mol. The first-order chi connectivity index (χ1) is 13.4. The van der Waals surface area contributed by atoms with Crippen molar-refractivity contribution >= 4 is 18.0 Å². The fourth-order valence-corrected chi connectivity index (χ4v) is 2.66. The van der Waals surface area contributed by atoms with E-state index in [1.54, 1.807) is 18.0 Å². The van der Waals surface area contributed by atoms with Gasteiger partial charge in [-0.2, -0.15) is 0 Å². The number of carbonyl (C=O) groups excluding carboxylic acids is 2. The molecule has 0 bridgehead atoms. The van der Waals surface area contributed by atoms with E-state index in [-0.39, 0.29) is 12.5 Å². The van der Waals surface area contributed by atoms with Gasteiger partial charge < -0.3 is 14.4 Å². The molecule has 0 spiro atoms. The Hall–Kier alpha value is -3.08. The van der Waals surface area contributed by atoms with Crippen LogP contribution in [0.25, 0.3) is 6.08 Å². The highest BCUT2D eigenvalue weighted by Crippen LogP contribution is 2.14. The third-order valence-corrected chi connectivity index (χ3v) is 4.27. The summed E-state index contributed by atoms with van der Waals surface area (Å²) in [6, 6.07) is 13.5. The van der Waals surface area contributed by atoms with Crippen LogP contribution in [0.4, 0.5) is 0 Å². The summed E-state index contributed by atoms with van der Waals surface area (Å²) >= 11 is 0. The minimum Gasteiger partial charge on any atom is -0.494 e. The van der Waals surface area contributed by atoms with E-state index < -0.39 is 5.97 Å². The second-order valence-corrected chi connectivity index (χ2v) is 6.62. The van der Waals surface area contributed by atoms with E-state index in [0.717, 1.165) is 22.4 Å². The Balaban J connectivity index is 1.81. The van der Waals surface area contributed by atoms with Gasteiger partial charge in [-0.05, 0) is 55.7 Å². The van der Waals surface area contributed by atoms with Crippen molar-refractivity contribution in [1.29, 1.82) is 0 Å². The number of benzene rings is 2. The first-order valence-electron chi connectivity index (χ1n) is 9.27. The third-order valence-electron chi connectivity index (χ3n) is 4.27. The molecule has 28 heavy (non-hydrogen) atoms. The van der Waals surface area contributed by atoms with Gasteiger partial charge in [-0.1, -0.05) is 35.9 Å². The van der Waals surface area contributed by atoms with E-state index >= 15 is 0 Å². The first kappa shape index (κ1) is 21.2. The maximum absolute atomic E-state index is 12.2. The van der Waals surface area contributed by atoms with E-state index in [4.69, 9.17) is 9.47 Å². The number of nitrogens with zero attached hydrogens (tertiary/aromatic N) is 1. The van der Waals surface area contributed by atoms with Gasteiger partial charge >= 0.3 is 5.97 Å². The van der Waals surface area contributed by atoms with Crippen molar-refractivity contribution in [3.63, 3.8) is 0 Å². The maximum Gasteiger partial charge on any atom is 0.331 e. The summed E-state index contributed by atoms with van der Waals surface area (Å²) in [6.07, 6.45) is 2.95. The number of esters is 1. The average molecular weight is 381 g/mol. The highest BCUT2D eigenvalue weighted by molar-refractivity contribution is 5.89. The van der Waals surface area contributed by atoms with Crippen LogP contribution < -0.4 is 4.74 Å². The van der Waals surface area contributed by atoms with Crippen LogP contribution in [0.2, 0.25) is 0 Å². The third kappa shape index (κ3) is 6.58. The van der Waals surface area contributed by atoms with Crippen molar-refractivity contribution in [2.24, 2.45) is 0 Å². The molecule has 0 fully saturated rings. The Morgan fingerprint density at radius 3 is 2.43 bits per heavy atom. The number of aryl methyl sites for hydroxylation is 2. The molecule has 0 atom stereocenters. The summed E-state index contributed by atoms with van der Waals surface area (Å²) in [6.45, 7) is 6.77. The minimum absolute atomic E-state index is 0.247. The standard InChI is InChI=1S/C23H27NO4/c1-5-27-21-11-7-19(8-12-21)9-13-23(26)28-16-22(25)24(4)15-20-10-6-17(2)14-18(20)3/h6-14H,5,15-16H2,1-4H3/b13-9+. The molecule has 2 aromatic carbocycles. The number of likely N-dealkylation sites (N-methyl/N-ethyl adjacent to an activating group) is 1. The molecule has 148 valence electrons. The highest BCUT2D eigenvalue weighted by Gasteiger charge is 2.12. The molecule has 0 unspecified atom stereocenters. The van der Waals surface area contributed by atoms with Gasteiger partial charge in [0.25, 0.3) is 5.91 Å². The Morgan fingerprint density at radius 1 is 1.07 bits per heavy atom. The number of ether oxygens (including phenoxy) is 2. The lowest BCUT2D eigenvalue weighted by Gasteiger charge is -2.18. The van der Waals surface area contributed by atoms with Crippen LogP contribution >= 0.6 is 0 Å². The number of rotatable bonds is 8. The first-order valence-corrected chi connectivity index (χ1v) is 9.27. The van der Waals surface area contributed by atoms with Gasteiger partial charge in [0.15, 0.2) is 6.61 Å². The smallest absolute Gasteiger partial charge is 0.331 e. The monoisotopic (exact) mass is 381 g/mol. The van der Waals surface area contributed by atoms with Gasteiger partial charge in [-0.15, -0.1) is 0 Å². The van der Waals surface area contributed by atoms with Crippen molar-refractivity contribution < 1.29 is 19.1 Å². The molecule has 2 rings (SSSR count). The van der Waals surface area contributed by atoms with Crippen LogP contribution in [0, 0.1) is 13.8 Å². The SMILES string of the molecule is CCOc1ccc(/C=C/C(=O)OCC(=O)N(C)Cc2ccc(C)cc2C)cc1. The molecular weight excluding hydrogens is 354 g/mol. The van der Waals surface area contributed by atoms with E-state index in [9.17, 15) is 9.59 Å². The fraction of sp³-hybridized carbons (Fsp3) is 0.304. The minimum atomic E-state index is -0.554. The molecule has 0 aliphatic rings. The van der Waals surface area contributed by atoms with E-state index in [1.807, 2.05) is 57.2 Å². The van der Waals surface area contributed by atoms with Crippen molar-refractivity contribution in [3.8, 4) is 5.75 Å². The molecule has 2 aromatic rings. The lowest BCUT2D eigenvalue weighted by molar-refractivity contribution is -0.147. The fourth-order valence-electron chi connectivity index (χ4n) is 2.66. The molecule has 0 radical (unpaired) electrons. The quantitative estimate of drug-likeness (QED) is 0.514. The zero-order valence-electron chi connectivity index (χ0n) is 16.9. The van der Waals surface area contributed by atoms with Crippen LogP contribution in [0.1, 0.15) is 29.2 Å². The van der Waals surface area contributed by atoms with E-state index in [2.05, 4.69) is 6.07 Å². The van der Waals surface area contributed by atoms with Gasteiger partial charge in [0, 0.05) is 19.7 Å². The second-order valence-electron chi connectivity index (χ2n) is 6.62. The lowest BCUT2D eigenvalue weighted by atomic mass is 10.1.